The smallest absolute Gasteiger partial charge is 0.142 e. The minimum atomic E-state index is 0.173. The third-order valence-corrected chi connectivity index (χ3v) is 4.97. The zero-order chi connectivity index (χ0) is 17.3. The predicted octanol–water partition coefficient (Wildman–Crippen LogP) is 5.94. The van der Waals surface area contributed by atoms with E-state index < -0.39 is 0 Å². The van der Waals surface area contributed by atoms with E-state index in [0.717, 1.165) is 15.6 Å². The highest BCUT2D eigenvalue weighted by Gasteiger charge is 2.15. The van der Waals surface area contributed by atoms with E-state index in [1.54, 1.807) is 12.1 Å². The highest BCUT2D eigenvalue weighted by Crippen LogP contribution is 2.36. The molecular formula is C18H10BrCl2N3. The fourth-order valence-corrected chi connectivity index (χ4v) is 3.17. The van der Waals surface area contributed by atoms with Crippen molar-refractivity contribution >= 4 is 44.9 Å². The molecule has 2 N–H and O–H groups in total. The van der Waals surface area contributed by atoms with Crippen LogP contribution in [0.2, 0.25) is 10.0 Å². The molecule has 1 heterocycles. The second kappa shape index (κ2) is 6.82. The van der Waals surface area contributed by atoms with Crippen LogP contribution < -0.4 is 5.73 Å². The summed E-state index contributed by atoms with van der Waals surface area (Å²) in [6.45, 7) is 0. The zero-order valence-electron chi connectivity index (χ0n) is 12.2. The van der Waals surface area contributed by atoms with Crippen molar-refractivity contribution in [3.8, 4) is 28.5 Å². The first kappa shape index (κ1) is 16.8. The van der Waals surface area contributed by atoms with Crippen molar-refractivity contribution in [2.45, 2.75) is 0 Å². The monoisotopic (exact) mass is 417 g/mol. The lowest BCUT2D eigenvalue weighted by atomic mass is 9.98. The van der Waals surface area contributed by atoms with Crippen molar-refractivity contribution in [1.29, 1.82) is 5.26 Å². The van der Waals surface area contributed by atoms with Gasteiger partial charge in [0.1, 0.15) is 17.5 Å². The number of rotatable bonds is 2. The number of nitrogens with zero attached hydrogens (tertiary/aromatic N) is 2. The molecule has 0 aliphatic heterocycles. The van der Waals surface area contributed by atoms with Crippen LogP contribution in [0.3, 0.4) is 0 Å². The van der Waals surface area contributed by atoms with Gasteiger partial charge in [0.2, 0.25) is 0 Å². The van der Waals surface area contributed by atoms with Crippen molar-refractivity contribution in [3.05, 3.63) is 68.6 Å². The summed E-state index contributed by atoms with van der Waals surface area (Å²) in [5.41, 5.74) is 9.32. The van der Waals surface area contributed by atoms with Gasteiger partial charge in [0.15, 0.2) is 0 Å². The molecular weight excluding hydrogens is 409 g/mol. The molecule has 0 aliphatic carbocycles. The van der Waals surface area contributed by atoms with Gasteiger partial charge in [0.25, 0.3) is 0 Å². The van der Waals surface area contributed by atoms with E-state index in [9.17, 15) is 5.26 Å². The topological polar surface area (TPSA) is 62.7 Å². The second-order valence-corrected chi connectivity index (χ2v) is 6.70. The van der Waals surface area contributed by atoms with E-state index in [0.29, 0.717) is 26.9 Å². The van der Waals surface area contributed by atoms with Crippen LogP contribution in [-0.2, 0) is 0 Å². The van der Waals surface area contributed by atoms with Gasteiger partial charge in [-0.15, -0.1) is 0 Å². The number of halogens is 3. The third kappa shape index (κ3) is 3.11. The fraction of sp³-hybridized carbons (Fsp3) is 0. The molecule has 3 rings (SSSR count). The average molecular weight is 419 g/mol. The lowest BCUT2D eigenvalue weighted by molar-refractivity contribution is 1.31. The van der Waals surface area contributed by atoms with Crippen LogP contribution in [0.5, 0.6) is 0 Å². The number of pyridine rings is 1. The first-order valence-electron chi connectivity index (χ1n) is 6.92. The van der Waals surface area contributed by atoms with Gasteiger partial charge in [-0.3, -0.25) is 0 Å². The maximum atomic E-state index is 9.47. The standard InChI is InChI=1S/C18H10BrCl2N3/c19-14-4-2-1-3-11(14)12-8-17(24-18(23)13(12)9-22)10-5-6-15(20)16(21)7-10/h1-8H,(H2,23,24). The third-order valence-electron chi connectivity index (χ3n) is 3.54. The van der Waals surface area contributed by atoms with E-state index in [1.807, 2.05) is 36.4 Å². The maximum absolute atomic E-state index is 9.47. The van der Waals surface area contributed by atoms with Gasteiger partial charge in [0.05, 0.1) is 15.7 Å². The first-order chi connectivity index (χ1) is 11.5. The van der Waals surface area contributed by atoms with Gasteiger partial charge in [-0.1, -0.05) is 63.4 Å². The van der Waals surface area contributed by atoms with Crippen LogP contribution in [0.25, 0.3) is 22.4 Å². The van der Waals surface area contributed by atoms with E-state index in [4.69, 9.17) is 28.9 Å². The Morgan fingerprint density at radius 2 is 1.75 bits per heavy atom. The molecule has 6 heteroatoms. The molecule has 3 aromatic rings. The predicted molar refractivity (Wildman–Crippen MR) is 102 cm³/mol. The van der Waals surface area contributed by atoms with Gasteiger partial charge in [0, 0.05) is 15.6 Å². The number of nitriles is 1. The van der Waals surface area contributed by atoms with Gasteiger partial charge in [-0.25, -0.2) is 4.98 Å². The minimum Gasteiger partial charge on any atom is -0.383 e. The number of hydrogen-bond donors (Lipinski definition) is 1. The molecule has 0 spiro atoms. The Balaban J connectivity index is 2.26. The van der Waals surface area contributed by atoms with Crippen LogP contribution in [0, 0.1) is 11.3 Å². The van der Waals surface area contributed by atoms with Crippen LogP contribution in [-0.4, -0.2) is 4.98 Å². The van der Waals surface area contributed by atoms with E-state index >= 15 is 0 Å². The number of aromatic nitrogens is 1. The molecule has 1 aromatic heterocycles. The van der Waals surface area contributed by atoms with E-state index in [1.165, 1.54) is 0 Å². The molecule has 24 heavy (non-hydrogen) atoms. The Morgan fingerprint density at radius 3 is 2.42 bits per heavy atom. The normalized spacial score (nSPS) is 10.4. The van der Waals surface area contributed by atoms with Gasteiger partial charge in [-0.2, -0.15) is 5.26 Å². The lowest BCUT2D eigenvalue weighted by Crippen LogP contribution is -2.00. The SMILES string of the molecule is N#Cc1c(-c2ccccc2Br)cc(-c2ccc(Cl)c(Cl)c2)nc1N. The molecule has 0 aliphatic rings. The molecule has 0 saturated carbocycles. The summed E-state index contributed by atoms with van der Waals surface area (Å²) in [5.74, 6) is 0.173. The van der Waals surface area contributed by atoms with Gasteiger partial charge >= 0.3 is 0 Å². The minimum absolute atomic E-state index is 0.173. The summed E-state index contributed by atoms with van der Waals surface area (Å²) < 4.78 is 0.868. The highest BCUT2D eigenvalue weighted by atomic mass is 79.9. The summed E-state index contributed by atoms with van der Waals surface area (Å²) in [5, 5.41) is 10.4. The Labute approximate surface area is 157 Å². The molecule has 3 nitrogen and oxygen atoms in total. The van der Waals surface area contributed by atoms with Crippen molar-refractivity contribution in [2.75, 3.05) is 5.73 Å². The molecule has 0 saturated heterocycles. The molecule has 2 aromatic carbocycles. The lowest BCUT2D eigenvalue weighted by Gasteiger charge is -2.12. The van der Waals surface area contributed by atoms with Crippen molar-refractivity contribution < 1.29 is 0 Å². The average Bonchev–Trinajstić information content (AvgIpc) is 2.57. The summed E-state index contributed by atoms with van der Waals surface area (Å²) in [4.78, 5) is 4.34. The van der Waals surface area contributed by atoms with Crippen molar-refractivity contribution in [3.63, 3.8) is 0 Å². The number of anilines is 1. The Morgan fingerprint density at radius 1 is 1.00 bits per heavy atom. The summed E-state index contributed by atoms with van der Waals surface area (Å²) >= 11 is 15.6. The molecule has 0 bridgehead atoms. The molecule has 0 amide bonds. The number of nitrogens with two attached hydrogens (primary N) is 1. The summed E-state index contributed by atoms with van der Waals surface area (Å²) in [6.07, 6.45) is 0. The van der Waals surface area contributed by atoms with Crippen molar-refractivity contribution in [1.82, 2.24) is 4.98 Å². The summed E-state index contributed by atoms with van der Waals surface area (Å²) in [7, 11) is 0. The number of benzene rings is 2. The molecule has 0 radical (unpaired) electrons. The van der Waals surface area contributed by atoms with E-state index in [-0.39, 0.29) is 5.82 Å². The van der Waals surface area contributed by atoms with Crippen LogP contribution in [0.4, 0.5) is 5.82 Å². The van der Waals surface area contributed by atoms with Crippen LogP contribution in [0.15, 0.2) is 53.0 Å². The quantitative estimate of drug-likeness (QED) is 0.560. The summed E-state index contributed by atoms with van der Waals surface area (Å²) in [6, 6.07) is 16.8. The van der Waals surface area contributed by atoms with Crippen LogP contribution >= 0.6 is 39.1 Å². The molecule has 0 atom stereocenters. The Bertz CT molecular complexity index is 980. The highest BCUT2D eigenvalue weighted by molar-refractivity contribution is 9.10. The van der Waals surface area contributed by atoms with Crippen LogP contribution in [0.1, 0.15) is 5.56 Å². The zero-order valence-corrected chi connectivity index (χ0v) is 15.3. The first-order valence-corrected chi connectivity index (χ1v) is 8.47. The van der Waals surface area contributed by atoms with Gasteiger partial charge < -0.3 is 5.73 Å². The molecule has 0 fully saturated rings. The largest absolute Gasteiger partial charge is 0.383 e. The number of hydrogen-bond acceptors (Lipinski definition) is 3. The number of nitrogen functional groups attached to an aromatic ring is 1. The fourth-order valence-electron chi connectivity index (χ4n) is 2.38. The molecule has 118 valence electrons. The second-order valence-electron chi connectivity index (χ2n) is 5.04. The molecule has 0 unspecified atom stereocenters. The Hall–Kier alpha value is -2.06. The maximum Gasteiger partial charge on any atom is 0.142 e. The van der Waals surface area contributed by atoms with E-state index in [2.05, 4.69) is 27.0 Å². The van der Waals surface area contributed by atoms with Crippen molar-refractivity contribution in [2.24, 2.45) is 0 Å². The Kier molecular flexibility index (Phi) is 4.77. The van der Waals surface area contributed by atoms with Gasteiger partial charge in [-0.05, 0) is 29.8 Å².